The lowest BCUT2D eigenvalue weighted by Gasteiger charge is -2.14. The van der Waals surface area contributed by atoms with Crippen LogP contribution in [-0.4, -0.2) is 28.0 Å². The minimum absolute atomic E-state index is 0.0704. The van der Waals surface area contributed by atoms with E-state index in [1.54, 1.807) is 11.9 Å². The fourth-order valence-corrected chi connectivity index (χ4v) is 3.28. The van der Waals surface area contributed by atoms with Crippen molar-refractivity contribution in [3.8, 4) is 11.3 Å². The minimum atomic E-state index is -0.0704. The Morgan fingerprint density at radius 1 is 1.11 bits per heavy atom. The molecule has 2 aromatic carbocycles. The molecule has 1 amide bonds. The number of nitrogens with one attached hydrogen (secondary N) is 1. The monoisotopic (exact) mass is 359 g/mol. The summed E-state index contributed by atoms with van der Waals surface area (Å²) in [6.07, 6.45) is 0. The number of fused-ring (bicyclic) bond motifs is 1. The van der Waals surface area contributed by atoms with Gasteiger partial charge in [-0.25, -0.2) is 0 Å². The Hall–Kier alpha value is -3.34. The molecule has 5 nitrogen and oxygen atoms in total. The van der Waals surface area contributed by atoms with Gasteiger partial charge in [0.2, 0.25) is 0 Å². The van der Waals surface area contributed by atoms with Crippen LogP contribution in [0.15, 0.2) is 59.1 Å². The average Bonchev–Trinajstić information content (AvgIpc) is 3.27. The Balaban J connectivity index is 1.55. The number of aromatic amines is 1. The number of carbonyl (C=O) groups excluding carboxylic acids is 1. The number of H-pyrrole nitrogens is 1. The highest BCUT2D eigenvalue weighted by molar-refractivity contribution is 6.00. The van der Waals surface area contributed by atoms with Gasteiger partial charge in [-0.15, -0.1) is 0 Å². The van der Waals surface area contributed by atoms with Crippen molar-refractivity contribution in [2.24, 2.45) is 0 Å². The maximum Gasteiger partial charge on any atom is 0.270 e. The predicted octanol–water partition coefficient (Wildman–Crippen LogP) is 4.71. The molecule has 0 radical (unpaired) electrons. The van der Waals surface area contributed by atoms with Crippen molar-refractivity contribution in [2.45, 2.75) is 20.4 Å². The molecule has 0 saturated carbocycles. The van der Waals surface area contributed by atoms with Crippen molar-refractivity contribution in [2.75, 3.05) is 7.05 Å². The molecule has 0 bridgehead atoms. The van der Waals surface area contributed by atoms with Gasteiger partial charge >= 0.3 is 0 Å². The van der Waals surface area contributed by atoms with Gasteiger partial charge in [-0.3, -0.25) is 4.79 Å². The summed E-state index contributed by atoms with van der Waals surface area (Å²) in [5, 5.41) is 5.19. The van der Waals surface area contributed by atoms with Crippen molar-refractivity contribution in [1.82, 2.24) is 15.0 Å². The fourth-order valence-electron chi connectivity index (χ4n) is 3.28. The lowest BCUT2D eigenvalue weighted by molar-refractivity contribution is 0.0766. The van der Waals surface area contributed by atoms with E-state index in [0.717, 1.165) is 27.7 Å². The van der Waals surface area contributed by atoms with E-state index in [4.69, 9.17) is 4.52 Å². The molecule has 2 heterocycles. The van der Waals surface area contributed by atoms with Crippen LogP contribution in [0, 0.1) is 13.8 Å². The second kappa shape index (κ2) is 6.76. The summed E-state index contributed by atoms with van der Waals surface area (Å²) in [5.74, 6) is 0.577. The molecular weight excluding hydrogens is 338 g/mol. The molecule has 2 aromatic heterocycles. The van der Waals surface area contributed by atoms with Crippen molar-refractivity contribution in [3.63, 3.8) is 0 Å². The molecule has 0 saturated heterocycles. The van der Waals surface area contributed by atoms with E-state index in [-0.39, 0.29) is 5.91 Å². The lowest BCUT2D eigenvalue weighted by Crippen LogP contribution is -2.26. The Bertz CT molecular complexity index is 1110. The third kappa shape index (κ3) is 3.24. The standard InChI is InChI=1S/C22H21N3O2/c1-14-9-10-19-18(11-14)15(2)21(23-19)22(26)25(3)13-17-12-20(24-27-17)16-7-5-4-6-8-16/h4-12,23H,13H2,1-3H3. The van der Waals surface area contributed by atoms with Crippen molar-refractivity contribution in [3.05, 3.63) is 77.2 Å². The van der Waals surface area contributed by atoms with Crippen molar-refractivity contribution >= 4 is 16.8 Å². The molecular formula is C22H21N3O2. The second-order valence-corrected chi connectivity index (χ2v) is 6.88. The van der Waals surface area contributed by atoms with E-state index >= 15 is 0 Å². The van der Waals surface area contributed by atoms with Crippen LogP contribution >= 0.6 is 0 Å². The third-order valence-corrected chi connectivity index (χ3v) is 4.80. The van der Waals surface area contributed by atoms with E-state index in [1.165, 1.54) is 5.56 Å². The van der Waals surface area contributed by atoms with E-state index in [1.807, 2.05) is 62.4 Å². The Morgan fingerprint density at radius 3 is 2.67 bits per heavy atom. The maximum atomic E-state index is 12.9. The molecule has 136 valence electrons. The first kappa shape index (κ1) is 17.1. The summed E-state index contributed by atoms with van der Waals surface area (Å²) in [7, 11) is 1.77. The van der Waals surface area contributed by atoms with Crippen LogP contribution in [0.25, 0.3) is 22.2 Å². The van der Waals surface area contributed by atoms with E-state index in [9.17, 15) is 4.79 Å². The first-order valence-corrected chi connectivity index (χ1v) is 8.88. The molecule has 0 aliphatic rings. The van der Waals surface area contributed by atoms with Crippen LogP contribution in [-0.2, 0) is 6.54 Å². The summed E-state index contributed by atoms with van der Waals surface area (Å²) in [6, 6.07) is 17.9. The van der Waals surface area contributed by atoms with E-state index < -0.39 is 0 Å². The number of nitrogens with zero attached hydrogens (tertiary/aromatic N) is 2. The van der Waals surface area contributed by atoms with Gasteiger partial charge in [0.05, 0.1) is 6.54 Å². The van der Waals surface area contributed by atoms with E-state index in [0.29, 0.717) is 18.0 Å². The number of aromatic nitrogens is 2. The van der Waals surface area contributed by atoms with Crippen molar-refractivity contribution in [1.29, 1.82) is 0 Å². The van der Waals surface area contributed by atoms with Gasteiger partial charge in [0, 0.05) is 29.6 Å². The van der Waals surface area contributed by atoms with Gasteiger partial charge in [0.25, 0.3) is 5.91 Å². The zero-order valence-corrected chi connectivity index (χ0v) is 15.6. The van der Waals surface area contributed by atoms with Crippen LogP contribution in [0.4, 0.5) is 0 Å². The zero-order valence-electron chi connectivity index (χ0n) is 15.6. The molecule has 4 aromatic rings. The highest BCUT2D eigenvalue weighted by Gasteiger charge is 2.20. The number of hydrogen-bond donors (Lipinski definition) is 1. The topological polar surface area (TPSA) is 62.1 Å². The van der Waals surface area contributed by atoms with Gasteiger partial charge < -0.3 is 14.4 Å². The molecule has 0 spiro atoms. The second-order valence-electron chi connectivity index (χ2n) is 6.88. The quantitative estimate of drug-likeness (QED) is 0.574. The molecule has 0 atom stereocenters. The highest BCUT2D eigenvalue weighted by atomic mass is 16.5. The first-order chi connectivity index (χ1) is 13.0. The molecule has 0 fully saturated rings. The van der Waals surface area contributed by atoms with Crippen LogP contribution in [0.1, 0.15) is 27.4 Å². The largest absolute Gasteiger partial charge is 0.359 e. The third-order valence-electron chi connectivity index (χ3n) is 4.80. The van der Waals surface area contributed by atoms with Gasteiger partial charge in [-0.05, 0) is 31.5 Å². The maximum absolute atomic E-state index is 12.9. The van der Waals surface area contributed by atoms with Gasteiger partial charge in [-0.1, -0.05) is 47.1 Å². The molecule has 4 rings (SSSR count). The summed E-state index contributed by atoms with van der Waals surface area (Å²) in [5.41, 5.74) is 5.48. The van der Waals surface area contributed by atoms with E-state index in [2.05, 4.69) is 16.2 Å². The normalized spacial score (nSPS) is 11.1. The number of rotatable bonds is 4. The molecule has 27 heavy (non-hydrogen) atoms. The average molecular weight is 359 g/mol. The SMILES string of the molecule is Cc1ccc2[nH]c(C(=O)N(C)Cc3cc(-c4ccccc4)no3)c(C)c2c1. The number of benzene rings is 2. The fraction of sp³-hybridized carbons (Fsp3) is 0.182. The van der Waals surface area contributed by atoms with Gasteiger partial charge in [0.1, 0.15) is 11.4 Å². The minimum Gasteiger partial charge on any atom is -0.359 e. The number of hydrogen-bond acceptors (Lipinski definition) is 3. The summed E-state index contributed by atoms with van der Waals surface area (Å²) in [6.45, 7) is 4.38. The van der Waals surface area contributed by atoms with Crippen LogP contribution in [0.2, 0.25) is 0 Å². The Morgan fingerprint density at radius 2 is 1.89 bits per heavy atom. The molecule has 0 aliphatic heterocycles. The molecule has 0 unspecified atom stereocenters. The molecule has 5 heteroatoms. The highest BCUT2D eigenvalue weighted by Crippen LogP contribution is 2.24. The molecule has 1 N–H and O–H groups in total. The first-order valence-electron chi connectivity index (χ1n) is 8.88. The zero-order chi connectivity index (χ0) is 19.0. The summed E-state index contributed by atoms with van der Waals surface area (Å²) < 4.78 is 5.43. The van der Waals surface area contributed by atoms with Crippen LogP contribution in [0.5, 0.6) is 0 Å². The predicted molar refractivity (Wildman–Crippen MR) is 106 cm³/mol. The van der Waals surface area contributed by atoms with Gasteiger partial charge in [-0.2, -0.15) is 0 Å². The van der Waals surface area contributed by atoms with Crippen molar-refractivity contribution < 1.29 is 9.32 Å². The number of carbonyl (C=O) groups is 1. The summed E-state index contributed by atoms with van der Waals surface area (Å²) >= 11 is 0. The smallest absolute Gasteiger partial charge is 0.270 e. The van der Waals surface area contributed by atoms with Crippen LogP contribution in [0.3, 0.4) is 0 Å². The summed E-state index contributed by atoms with van der Waals surface area (Å²) in [4.78, 5) is 17.8. The Labute approximate surface area is 157 Å². The van der Waals surface area contributed by atoms with Gasteiger partial charge in [0.15, 0.2) is 5.76 Å². The Kier molecular flexibility index (Phi) is 4.28. The number of aryl methyl sites for hydroxylation is 2. The van der Waals surface area contributed by atoms with Crippen LogP contribution < -0.4 is 0 Å². The molecule has 0 aliphatic carbocycles. The number of amides is 1. The lowest BCUT2D eigenvalue weighted by atomic mass is 10.1.